The molecular weight excluding hydrogens is 358 g/mol. The van der Waals surface area contributed by atoms with Crippen LogP contribution in [0.2, 0.25) is 0 Å². The molecule has 5 heteroatoms. The van der Waals surface area contributed by atoms with E-state index in [9.17, 15) is 9.90 Å². The summed E-state index contributed by atoms with van der Waals surface area (Å²) in [5, 5.41) is 10.6. The van der Waals surface area contributed by atoms with Crippen molar-refractivity contribution in [3.8, 4) is 10.4 Å². The summed E-state index contributed by atoms with van der Waals surface area (Å²) in [6.45, 7) is 3.88. The topological polar surface area (TPSA) is 63.3 Å². The minimum absolute atomic E-state index is 0.00600. The molecule has 2 aromatic carbocycles. The third-order valence-electron chi connectivity index (χ3n) is 4.25. The number of aryl methyl sites for hydroxylation is 2. The monoisotopic (exact) mass is 375 g/mol. The lowest BCUT2D eigenvalue weighted by Crippen LogP contribution is -2.06. The van der Waals surface area contributed by atoms with Gasteiger partial charge in [0.2, 0.25) is 0 Å². The van der Waals surface area contributed by atoms with E-state index in [1.807, 2.05) is 62.4 Å². The second-order valence-electron chi connectivity index (χ2n) is 6.38. The summed E-state index contributed by atoms with van der Waals surface area (Å²) >= 11 is 1.47. The Bertz CT molecular complexity index is 1220. The quantitative estimate of drug-likeness (QED) is 0.474. The highest BCUT2D eigenvalue weighted by atomic mass is 32.1. The van der Waals surface area contributed by atoms with Crippen molar-refractivity contribution in [2.45, 2.75) is 13.8 Å². The van der Waals surface area contributed by atoms with Crippen LogP contribution in [0.25, 0.3) is 33.4 Å². The molecule has 4 aromatic rings. The normalized spacial score (nSPS) is 11.9. The molecule has 0 amide bonds. The van der Waals surface area contributed by atoms with Crippen LogP contribution in [0.3, 0.4) is 0 Å². The van der Waals surface area contributed by atoms with Crippen molar-refractivity contribution in [1.82, 2.24) is 4.98 Å². The summed E-state index contributed by atoms with van der Waals surface area (Å²) in [7, 11) is 0. The SMILES string of the molecule is Cc1ccc2oc(=O)c(C=C(O)c3sc(-c4ccccc4)cc3C)nc2c1. The number of hydrogen-bond donors (Lipinski definition) is 1. The molecule has 0 fully saturated rings. The zero-order valence-corrected chi connectivity index (χ0v) is 15.7. The Labute approximate surface area is 160 Å². The fourth-order valence-corrected chi connectivity index (χ4v) is 3.99. The maximum Gasteiger partial charge on any atom is 0.362 e. The summed E-state index contributed by atoms with van der Waals surface area (Å²) in [4.78, 5) is 18.3. The van der Waals surface area contributed by atoms with Gasteiger partial charge in [-0.1, -0.05) is 36.4 Å². The molecule has 0 unspecified atom stereocenters. The van der Waals surface area contributed by atoms with E-state index in [4.69, 9.17) is 4.42 Å². The average molecular weight is 375 g/mol. The van der Waals surface area contributed by atoms with Crippen LogP contribution in [0.1, 0.15) is 21.7 Å². The van der Waals surface area contributed by atoms with Crippen molar-refractivity contribution in [1.29, 1.82) is 0 Å². The minimum atomic E-state index is -0.574. The number of nitrogens with zero attached hydrogens (tertiary/aromatic N) is 1. The molecule has 0 aliphatic rings. The molecule has 4 nitrogen and oxygen atoms in total. The van der Waals surface area contributed by atoms with Crippen LogP contribution in [-0.4, -0.2) is 10.1 Å². The van der Waals surface area contributed by atoms with Gasteiger partial charge in [0, 0.05) is 11.0 Å². The van der Waals surface area contributed by atoms with Crippen molar-refractivity contribution in [3.63, 3.8) is 0 Å². The Morgan fingerprint density at radius 1 is 1.11 bits per heavy atom. The Hall–Kier alpha value is -3.18. The molecule has 0 aliphatic carbocycles. The number of fused-ring (bicyclic) bond motifs is 1. The number of thiophene rings is 1. The second kappa shape index (κ2) is 6.85. The van der Waals surface area contributed by atoms with E-state index >= 15 is 0 Å². The second-order valence-corrected chi connectivity index (χ2v) is 7.43. The molecule has 0 spiro atoms. The van der Waals surface area contributed by atoms with Gasteiger partial charge in [-0.15, -0.1) is 11.3 Å². The molecule has 0 saturated heterocycles. The van der Waals surface area contributed by atoms with Gasteiger partial charge in [0.05, 0.1) is 4.88 Å². The molecule has 0 aliphatic heterocycles. The zero-order chi connectivity index (χ0) is 19.0. The molecule has 1 N–H and O–H groups in total. The van der Waals surface area contributed by atoms with Crippen LogP contribution in [0, 0.1) is 13.8 Å². The summed E-state index contributed by atoms with van der Waals surface area (Å²) in [6.07, 6.45) is 1.38. The third-order valence-corrected chi connectivity index (χ3v) is 5.56. The summed E-state index contributed by atoms with van der Waals surface area (Å²) < 4.78 is 5.32. The first kappa shape index (κ1) is 17.2. The summed E-state index contributed by atoms with van der Waals surface area (Å²) in [5.41, 5.74) is 3.57. The van der Waals surface area contributed by atoms with Crippen LogP contribution in [0.4, 0.5) is 0 Å². The van der Waals surface area contributed by atoms with Crippen LogP contribution in [0.5, 0.6) is 0 Å². The van der Waals surface area contributed by atoms with Crippen molar-refractivity contribution >= 4 is 34.3 Å². The lowest BCUT2D eigenvalue weighted by atomic mass is 10.1. The molecule has 27 heavy (non-hydrogen) atoms. The predicted molar refractivity (Wildman–Crippen MR) is 110 cm³/mol. The number of aromatic nitrogens is 1. The largest absolute Gasteiger partial charge is 0.506 e. The van der Waals surface area contributed by atoms with E-state index in [-0.39, 0.29) is 11.5 Å². The molecule has 0 bridgehead atoms. The van der Waals surface area contributed by atoms with Crippen molar-refractivity contribution in [2.75, 3.05) is 0 Å². The molecule has 4 rings (SSSR count). The van der Waals surface area contributed by atoms with Gasteiger partial charge >= 0.3 is 5.63 Å². The maximum absolute atomic E-state index is 12.2. The fourth-order valence-electron chi connectivity index (χ4n) is 2.90. The smallest absolute Gasteiger partial charge is 0.362 e. The lowest BCUT2D eigenvalue weighted by molar-refractivity contribution is 0.515. The average Bonchev–Trinajstić information content (AvgIpc) is 3.05. The fraction of sp³-hybridized carbons (Fsp3) is 0.0909. The van der Waals surface area contributed by atoms with Gasteiger partial charge in [-0.3, -0.25) is 0 Å². The van der Waals surface area contributed by atoms with E-state index in [1.165, 1.54) is 17.4 Å². The van der Waals surface area contributed by atoms with Crippen LogP contribution < -0.4 is 5.63 Å². The van der Waals surface area contributed by atoms with Crippen LogP contribution in [-0.2, 0) is 0 Å². The van der Waals surface area contributed by atoms with Gasteiger partial charge in [0.15, 0.2) is 11.3 Å². The van der Waals surface area contributed by atoms with Crippen molar-refractivity contribution in [3.05, 3.63) is 86.7 Å². The standard InChI is InChI=1S/C22H17NO3S/c1-13-8-9-19-16(10-13)23-17(22(25)26-19)12-18(24)21-14(2)11-20(27-21)15-6-4-3-5-7-15/h3-12,24H,1-2H3. The molecule has 2 heterocycles. The highest BCUT2D eigenvalue weighted by molar-refractivity contribution is 7.16. The third kappa shape index (κ3) is 3.41. The molecule has 2 aromatic heterocycles. The van der Waals surface area contributed by atoms with Gasteiger partial charge in [-0.2, -0.15) is 0 Å². The Morgan fingerprint density at radius 3 is 2.67 bits per heavy atom. The molecule has 134 valence electrons. The highest BCUT2D eigenvalue weighted by Gasteiger charge is 2.13. The Morgan fingerprint density at radius 2 is 1.89 bits per heavy atom. The predicted octanol–water partition coefficient (Wildman–Crippen LogP) is 5.59. The molecule has 0 atom stereocenters. The number of rotatable bonds is 3. The van der Waals surface area contributed by atoms with Gasteiger partial charge in [0.25, 0.3) is 0 Å². The first-order valence-electron chi connectivity index (χ1n) is 8.49. The van der Waals surface area contributed by atoms with Gasteiger partial charge in [0.1, 0.15) is 11.3 Å². The molecule has 0 radical (unpaired) electrons. The first-order chi connectivity index (χ1) is 13.0. The highest BCUT2D eigenvalue weighted by Crippen LogP contribution is 2.34. The molecule has 0 saturated carbocycles. The zero-order valence-electron chi connectivity index (χ0n) is 14.9. The molecular formula is C22H17NO3S. The number of aliphatic hydroxyl groups is 1. The Balaban J connectivity index is 1.77. The van der Waals surface area contributed by atoms with E-state index in [2.05, 4.69) is 4.98 Å². The van der Waals surface area contributed by atoms with Crippen LogP contribution >= 0.6 is 11.3 Å². The summed E-state index contributed by atoms with van der Waals surface area (Å²) in [6, 6.07) is 17.4. The van der Waals surface area contributed by atoms with E-state index in [0.717, 1.165) is 21.6 Å². The maximum atomic E-state index is 12.2. The summed E-state index contributed by atoms with van der Waals surface area (Å²) in [5.74, 6) is 0.00600. The minimum Gasteiger partial charge on any atom is -0.506 e. The Kier molecular flexibility index (Phi) is 4.38. The van der Waals surface area contributed by atoms with Crippen molar-refractivity contribution in [2.24, 2.45) is 0 Å². The first-order valence-corrected chi connectivity index (χ1v) is 9.31. The lowest BCUT2D eigenvalue weighted by Gasteiger charge is -2.01. The van der Waals surface area contributed by atoms with E-state index < -0.39 is 5.63 Å². The van der Waals surface area contributed by atoms with Gasteiger partial charge in [-0.25, -0.2) is 9.78 Å². The van der Waals surface area contributed by atoms with E-state index in [1.54, 1.807) is 6.07 Å². The number of hydrogen-bond acceptors (Lipinski definition) is 5. The number of aliphatic hydroxyl groups excluding tert-OH is 1. The van der Waals surface area contributed by atoms with Crippen LogP contribution in [0.15, 0.2) is 63.8 Å². The van der Waals surface area contributed by atoms with Crippen molar-refractivity contribution < 1.29 is 9.52 Å². The van der Waals surface area contributed by atoms with Gasteiger partial charge < -0.3 is 9.52 Å². The number of benzene rings is 2. The van der Waals surface area contributed by atoms with Gasteiger partial charge in [-0.05, 0) is 48.7 Å². The van der Waals surface area contributed by atoms with E-state index in [0.29, 0.717) is 16.0 Å².